The van der Waals surface area contributed by atoms with Crippen LogP contribution in [0.1, 0.15) is 37.0 Å². The summed E-state index contributed by atoms with van der Waals surface area (Å²) < 4.78 is 1.92. The van der Waals surface area contributed by atoms with Gasteiger partial charge in [0.2, 0.25) is 0 Å². The molecule has 2 heterocycles. The van der Waals surface area contributed by atoms with Crippen molar-refractivity contribution in [2.75, 3.05) is 6.54 Å². The number of nitrogens with one attached hydrogen (secondary N) is 1. The molecule has 0 radical (unpaired) electrons. The third-order valence-electron chi connectivity index (χ3n) is 2.97. The molecule has 0 aliphatic heterocycles. The summed E-state index contributed by atoms with van der Waals surface area (Å²) in [7, 11) is 0. The van der Waals surface area contributed by atoms with Crippen molar-refractivity contribution in [1.29, 1.82) is 0 Å². The van der Waals surface area contributed by atoms with E-state index in [1.54, 1.807) is 6.33 Å². The zero-order valence-electron chi connectivity index (χ0n) is 11.1. The van der Waals surface area contributed by atoms with Crippen LogP contribution in [0.25, 0.3) is 0 Å². The zero-order valence-corrected chi connectivity index (χ0v) is 11.1. The number of aryl methyl sites for hydroxylation is 2. The van der Waals surface area contributed by atoms with Gasteiger partial charge in [-0.15, -0.1) is 0 Å². The van der Waals surface area contributed by atoms with Crippen molar-refractivity contribution in [2.45, 2.75) is 33.4 Å². The van der Waals surface area contributed by atoms with Crippen LogP contribution in [0.15, 0.2) is 24.7 Å². The second-order valence-electron chi connectivity index (χ2n) is 4.10. The summed E-state index contributed by atoms with van der Waals surface area (Å²) in [6.07, 6.45) is 3.42. The van der Waals surface area contributed by atoms with Gasteiger partial charge in [-0.3, -0.25) is 4.98 Å². The van der Waals surface area contributed by atoms with E-state index in [-0.39, 0.29) is 6.04 Å². The highest BCUT2D eigenvalue weighted by Gasteiger charge is 2.20. The number of rotatable bonds is 5. The summed E-state index contributed by atoms with van der Waals surface area (Å²) >= 11 is 0. The third-order valence-corrected chi connectivity index (χ3v) is 2.97. The summed E-state index contributed by atoms with van der Waals surface area (Å²) in [6, 6.07) is 4.09. The molecule has 96 valence electrons. The standard InChI is InChI=1S/C13H19N5/c1-4-14-12(11-7-6-8-15-10(11)3)13-16-9-17-18(13)5-2/h6-9,12,14H,4-5H2,1-3H3. The Balaban J connectivity index is 2.43. The highest BCUT2D eigenvalue weighted by molar-refractivity contribution is 5.27. The van der Waals surface area contributed by atoms with Gasteiger partial charge in [-0.25, -0.2) is 9.67 Å². The SMILES string of the molecule is CCNC(c1cccnc1C)c1ncnn1CC. The van der Waals surface area contributed by atoms with Crippen molar-refractivity contribution in [3.63, 3.8) is 0 Å². The fourth-order valence-electron chi connectivity index (χ4n) is 2.09. The first-order valence-electron chi connectivity index (χ1n) is 6.30. The monoisotopic (exact) mass is 245 g/mol. The van der Waals surface area contributed by atoms with Crippen LogP contribution in [-0.2, 0) is 6.54 Å². The van der Waals surface area contributed by atoms with E-state index in [4.69, 9.17) is 0 Å². The molecule has 0 fully saturated rings. The quantitative estimate of drug-likeness (QED) is 0.871. The molecule has 1 atom stereocenters. The fourth-order valence-corrected chi connectivity index (χ4v) is 2.09. The minimum Gasteiger partial charge on any atom is -0.304 e. The molecule has 2 aromatic heterocycles. The van der Waals surface area contributed by atoms with Gasteiger partial charge in [0.15, 0.2) is 0 Å². The average molecular weight is 245 g/mol. The molecule has 5 nitrogen and oxygen atoms in total. The predicted molar refractivity (Wildman–Crippen MR) is 70.2 cm³/mol. The molecule has 18 heavy (non-hydrogen) atoms. The van der Waals surface area contributed by atoms with Gasteiger partial charge in [0.25, 0.3) is 0 Å². The van der Waals surface area contributed by atoms with Crippen LogP contribution in [0, 0.1) is 6.92 Å². The Kier molecular flexibility index (Phi) is 4.04. The van der Waals surface area contributed by atoms with Gasteiger partial charge in [0.05, 0.1) is 6.04 Å². The van der Waals surface area contributed by atoms with Crippen LogP contribution < -0.4 is 5.32 Å². The first-order chi connectivity index (χ1) is 8.77. The minimum absolute atomic E-state index is 0.0474. The molecule has 2 rings (SSSR count). The molecule has 0 spiro atoms. The normalized spacial score (nSPS) is 12.6. The van der Waals surface area contributed by atoms with Crippen LogP contribution >= 0.6 is 0 Å². The maximum atomic E-state index is 4.39. The molecule has 0 bridgehead atoms. The van der Waals surface area contributed by atoms with E-state index >= 15 is 0 Å². The number of nitrogens with zero attached hydrogens (tertiary/aromatic N) is 4. The second kappa shape index (κ2) is 5.73. The van der Waals surface area contributed by atoms with E-state index in [2.05, 4.69) is 40.3 Å². The van der Waals surface area contributed by atoms with Crippen LogP contribution in [0.4, 0.5) is 0 Å². The van der Waals surface area contributed by atoms with Crippen LogP contribution in [0.5, 0.6) is 0 Å². The molecule has 0 amide bonds. The van der Waals surface area contributed by atoms with Crippen LogP contribution in [0.2, 0.25) is 0 Å². The molecule has 0 saturated heterocycles. The smallest absolute Gasteiger partial charge is 0.148 e. The Morgan fingerprint density at radius 1 is 1.33 bits per heavy atom. The largest absolute Gasteiger partial charge is 0.304 e. The highest BCUT2D eigenvalue weighted by Crippen LogP contribution is 2.21. The van der Waals surface area contributed by atoms with Crippen molar-refractivity contribution in [2.24, 2.45) is 0 Å². The van der Waals surface area contributed by atoms with E-state index in [1.807, 2.05) is 23.9 Å². The summed E-state index contributed by atoms with van der Waals surface area (Å²) in [5.74, 6) is 0.940. The lowest BCUT2D eigenvalue weighted by atomic mass is 10.0. The molecular weight excluding hydrogens is 226 g/mol. The molecule has 2 aromatic rings. The van der Waals surface area contributed by atoms with E-state index < -0.39 is 0 Å². The van der Waals surface area contributed by atoms with Gasteiger partial charge in [0, 0.05) is 18.4 Å². The summed E-state index contributed by atoms with van der Waals surface area (Å²) in [6.45, 7) is 7.86. The van der Waals surface area contributed by atoms with Crippen LogP contribution in [0.3, 0.4) is 0 Å². The minimum atomic E-state index is 0.0474. The lowest BCUT2D eigenvalue weighted by Gasteiger charge is -2.19. The maximum absolute atomic E-state index is 4.39. The van der Waals surface area contributed by atoms with E-state index in [9.17, 15) is 0 Å². The summed E-state index contributed by atoms with van der Waals surface area (Å²) in [4.78, 5) is 8.74. The van der Waals surface area contributed by atoms with Crippen molar-refractivity contribution < 1.29 is 0 Å². The lowest BCUT2D eigenvalue weighted by Crippen LogP contribution is -2.26. The number of hydrogen-bond acceptors (Lipinski definition) is 4. The topological polar surface area (TPSA) is 55.6 Å². The Bertz CT molecular complexity index is 506. The Labute approximate surface area is 107 Å². The van der Waals surface area contributed by atoms with Crippen molar-refractivity contribution in [3.05, 3.63) is 41.7 Å². The molecule has 0 saturated carbocycles. The molecule has 0 aliphatic carbocycles. The molecule has 1 unspecified atom stereocenters. The maximum Gasteiger partial charge on any atom is 0.148 e. The molecule has 5 heteroatoms. The highest BCUT2D eigenvalue weighted by atomic mass is 15.3. The molecule has 0 aromatic carbocycles. The van der Waals surface area contributed by atoms with Gasteiger partial charge in [-0.1, -0.05) is 13.0 Å². The summed E-state index contributed by atoms with van der Waals surface area (Å²) in [5.41, 5.74) is 2.18. The second-order valence-corrected chi connectivity index (χ2v) is 4.10. The zero-order chi connectivity index (χ0) is 13.0. The van der Waals surface area contributed by atoms with Gasteiger partial charge >= 0.3 is 0 Å². The Morgan fingerprint density at radius 2 is 2.17 bits per heavy atom. The van der Waals surface area contributed by atoms with Crippen molar-refractivity contribution in [3.8, 4) is 0 Å². The third kappa shape index (κ3) is 2.41. The molecule has 1 N–H and O–H groups in total. The number of pyridine rings is 1. The summed E-state index contributed by atoms with van der Waals surface area (Å²) in [5, 5.41) is 7.69. The van der Waals surface area contributed by atoms with Crippen molar-refractivity contribution >= 4 is 0 Å². The molecular formula is C13H19N5. The predicted octanol–water partition coefficient (Wildman–Crippen LogP) is 1.70. The van der Waals surface area contributed by atoms with E-state index in [1.165, 1.54) is 0 Å². The van der Waals surface area contributed by atoms with Crippen molar-refractivity contribution in [1.82, 2.24) is 25.1 Å². The van der Waals surface area contributed by atoms with Gasteiger partial charge in [0.1, 0.15) is 12.2 Å². The Morgan fingerprint density at radius 3 is 2.83 bits per heavy atom. The average Bonchev–Trinajstić information content (AvgIpc) is 2.85. The van der Waals surface area contributed by atoms with Gasteiger partial charge in [-0.2, -0.15) is 5.10 Å². The first kappa shape index (κ1) is 12.7. The van der Waals surface area contributed by atoms with Crippen LogP contribution in [-0.4, -0.2) is 26.3 Å². The Hall–Kier alpha value is -1.75. The number of hydrogen-bond donors (Lipinski definition) is 1. The molecule has 0 aliphatic rings. The van der Waals surface area contributed by atoms with Gasteiger partial charge < -0.3 is 5.32 Å². The van der Waals surface area contributed by atoms with Gasteiger partial charge in [-0.05, 0) is 32.0 Å². The lowest BCUT2D eigenvalue weighted by molar-refractivity contribution is 0.528. The number of aromatic nitrogens is 4. The fraction of sp³-hybridized carbons (Fsp3) is 0.462. The van der Waals surface area contributed by atoms with E-state index in [0.29, 0.717) is 0 Å². The first-order valence-corrected chi connectivity index (χ1v) is 6.30. The van der Waals surface area contributed by atoms with E-state index in [0.717, 1.165) is 30.2 Å².